The molecule has 0 bridgehead atoms. The van der Waals surface area contributed by atoms with Crippen LogP contribution in [-0.2, 0) is 9.59 Å². The van der Waals surface area contributed by atoms with Crippen LogP contribution in [0.3, 0.4) is 0 Å². The molecule has 1 amide bonds. The highest BCUT2D eigenvalue weighted by molar-refractivity contribution is 7.99. The number of piperidine rings is 1. The van der Waals surface area contributed by atoms with E-state index in [1.54, 1.807) is 16.7 Å². The molecule has 2 aliphatic rings. The van der Waals surface area contributed by atoms with E-state index < -0.39 is 11.9 Å². The summed E-state index contributed by atoms with van der Waals surface area (Å²) in [5.41, 5.74) is 2.17. The Morgan fingerprint density at radius 1 is 1.09 bits per heavy atom. The quantitative estimate of drug-likeness (QED) is 0.488. The van der Waals surface area contributed by atoms with Crippen LogP contribution < -0.4 is 0 Å². The number of rotatable bonds is 6. The first-order valence-electron chi connectivity index (χ1n) is 11.0. The molecule has 1 heterocycles. The first-order chi connectivity index (χ1) is 15.3. The molecule has 0 radical (unpaired) electrons. The lowest BCUT2D eigenvalue weighted by Crippen LogP contribution is -2.43. The van der Waals surface area contributed by atoms with Crippen LogP contribution in [0.25, 0.3) is 0 Å². The van der Waals surface area contributed by atoms with Gasteiger partial charge in [0, 0.05) is 28.8 Å². The number of likely N-dealkylation sites (tertiary alicyclic amines) is 1. The molecule has 0 spiro atoms. The van der Waals surface area contributed by atoms with Crippen LogP contribution in [0.4, 0.5) is 0 Å². The first-order valence-corrected chi connectivity index (χ1v) is 12.6. The van der Waals surface area contributed by atoms with Crippen molar-refractivity contribution in [3.05, 3.63) is 57.6 Å². The summed E-state index contributed by atoms with van der Waals surface area (Å²) >= 11 is 15.0. The van der Waals surface area contributed by atoms with Crippen molar-refractivity contribution in [2.45, 2.75) is 54.7 Å². The molecule has 32 heavy (non-hydrogen) atoms. The van der Waals surface area contributed by atoms with E-state index in [2.05, 4.69) is 26.0 Å². The smallest absolute Gasteiger partial charge is 0.308 e. The second kappa shape index (κ2) is 9.66. The Morgan fingerprint density at radius 2 is 1.84 bits per heavy atom. The van der Waals surface area contributed by atoms with Gasteiger partial charge in [0.2, 0.25) is 5.91 Å². The van der Waals surface area contributed by atoms with Gasteiger partial charge >= 0.3 is 5.97 Å². The van der Waals surface area contributed by atoms with Gasteiger partial charge in [-0.05, 0) is 54.4 Å². The number of benzene rings is 2. The summed E-state index contributed by atoms with van der Waals surface area (Å²) in [6, 6.07) is 12.3. The average molecular weight is 492 g/mol. The average Bonchev–Trinajstić information content (AvgIpc) is 3.57. The van der Waals surface area contributed by atoms with Crippen LogP contribution in [0.5, 0.6) is 0 Å². The number of aliphatic carboxylic acids is 1. The molecule has 2 aromatic carbocycles. The monoisotopic (exact) mass is 491 g/mol. The molecule has 1 aliphatic heterocycles. The molecule has 3 atom stereocenters. The number of carboxylic acid groups (broad SMARTS) is 1. The fourth-order valence-corrected chi connectivity index (χ4v) is 6.29. The Bertz CT molecular complexity index is 1040. The molecule has 1 saturated heterocycles. The predicted molar refractivity (Wildman–Crippen MR) is 129 cm³/mol. The molecular weight excluding hydrogens is 465 g/mol. The zero-order valence-electron chi connectivity index (χ0n) is 18.2. The highest BCUT2D eigenvalue weighted by Crippen LogP contribution is 2.53. The Morgan fingerprint density at radius 3 is 2.56 bits per heavy atom. The molecule has 1 aliphatic carbocycles. The Hall–Kier alpha value is -1.69. The Balaban J connectivity index is 1.48. The van der Waals surface area contributed by atoms with E-state index in [9.17, 15) is 14.7 Å². The summed E-state index contributed by atoms with van der Waals surface area (Å²) in [6.45, 7) is 5.27. The maximum absolute atomic E-state index is 13.0. The number of nitrogens with zero attached hydrogens (tertiary/aromatic N) is 1. The fraction of sp³-hybridized carbons (Fsp3) is 0.440. The van der Waals surface area contributed by atoms with Crippen LogP contribution >= 0.6 is 35.0 Å². The molecule has 7 heteroatoms. The van der Waals surface area contributed by atoms with Gasteiger partial charge in [-0.1, -0.05) is 73.1 Å². The van der Waals surface area contributed by atoms with Gasteiger partial charge in [-0.3, -0.25) is 9.59 Å². The van der Waals surface area contributed by atoms with Crippen LogP contribution in [0.1, 0.15) is 56.1 Å². The molecule has 0 unspecified atom stereocenters. The summed E-state index contributed by atoms with van der Waals surface area (Å²) in [5.74, 6) is -0.945. The molecule has 1 saturated carbocycles. The van der Waals surface area contributed by atoms with Gasteiger partial charge in [-0.2, -0.15) is 0 Å². The minimum Gasteiger partial charge on any atom is -0.481 e. The molecule has 2 aromatic rings. The zero-order chi connectivity index (χ0) is 23.0. The highest BCUT2D eigenvalue weighted by atomic mass is 35.5. The SMILES string of the molecule is CC(C)c1ccccc1Sc1ccc([C@@H]2C[C@H]2C(=O)N2CCC[C@H](C(=O)O)C2)c(Cl)c1Cl. The summed E-state index contributed by atoms with van der Waals surface area (Å²) in [5, 5.41) is 10.3. The van der Waals surface area contributed by atoms with Crippen molar-refractivity contribution < 1.29 is 14.7 Å². The first kappa shape index (κ1) is 23.5. The second-order valence-electron chi connectivity index (χ2n) is 8.99. The summed E-state index contributed by atoms with van der Waals surface area (Å²) in [7, 11) is 0. The van der Waals surface area contributed by atoms with Gasteiger partial charge in [0.1, 0.15) is 0 Å². The van der Waals surface area contributed by atoms with Crippen molar-refractivity contribution in [2.75, 3.05) is 13.1 Å². The predicted octanol–water partition coefficient (Wildman–Crippen LogP) is 6.69. The van der Waals surface area contributed by atoms with E-state index in [4.69, 9.17) is 23.2 Å². The van der Waals surface area contributed by atoms with Crippen molar-refractivity contribution in [2.24, 2.45) is 11.8 Å². The molecule has 1 N–H and O–H groups in total. The van der Waals surface area contributed by atoms with Crippen molar-refractivity contribution in [3.63, 3.8) is 0 Å². The maximum atomic E-state index is 13.0. The van der Waals surface area contributed by atoms with Gasteiger partial charge in [-0.25, -0.2) is 0 Å². The number of carbonyl (C=O) groups excluding carboxylic acids is 1. The largest absolute Gasteiger partial charge is 0.481 e. The zero-order valence-corrected chi connectivity index (χ0v) is 20.5. The van der Waals surface area contributed by atoms with Gasteiger partial charge in [-0.15, -0.1) is 0 Å². The van der Waals surface area contributed by atoms with Crippen molar-refractivity contribution in [1.82, 2.24) is 4.90 Å². The minimum atomic E-state index is -0.822. The van der Waals surface area contributed by atoms with Gasteiger partial charge < -0.3 is 10.0 Å². The molecule has 2 fully saturated rings. The fourth-order valence-electron chi connectivity index (χ4n) is 4.51. The highest BCUT2D eigenvalue weighted by Gasteiger charge is 2.47. The van der Waals surface area contributed by atoms with Gasteiger partial charge in [0.05, 0.1) is 16.0 Å². The van der Waals surface area contributed by atoms with E-state index in [0.717, 1.165) is 28.2 Å². The number of halogens is 2. The molecule has 4 nitrogen and oxygen atoms in total. The summed E-state index contributed by atoms with van der Waals surface area (Å²) in [4.78, 5) is 28.1. The Labute approximate surface area is 203 Å². The van der Waals surface area contributed by atoms with E-state index in [1.165, 1.54) is 5.56 Å². The number of hydrogen-bond donors (Lipinski definition) is 1. The van der Waals surface area contributed by atoms with Gasteiger partial charge in [0.15, 0.2) is 0 Å². The minimum absolute atomic E-state index is 0.0393. The Kier molecular flexibility index (Phi) is 7.09. The lowest BCUT2D eigenvalue weighted by Gasteiger charge is -2.31. The lowest BCUT2D eigenvalue weighted by atomic mass is 9.97. The maximum Gasteiger partial charge on any atom is 0.308 e. The van der Waals surface area contributed by atoms with E-state index in [0.29, 0.717) is 35.5 Å². The normalized spacial score (nSPS) is 22.8. The molecule has 170 valence electrons. The standard InChI is InChI=1S/C25H27Cl2NO3S/c1-14(2)16-7-3-4-8-20(16)32-21-10-9-17(22(26)23(21)27)18-12-19(18)24(29)28-11-5-6-15(13-28)25(30)31/h3-4,7-10,14-15,18-19H,5-6,11-13H2,1-2H3,(H,30,31)/t15-,18-,19+/m0/s1. The van der Waals surface area contributed by atoms with Crippen molar-refractivity contribution >= 4 is 46.8 Å². The molecule has 4 rings (SSSR count). The number of carbonyl (C=O) groups is 2. The van der Waals surface area contributed by atoms with Crippen LogP contribution in [0.2, 0.25) is 10.0 Å². The van der Waals surface area contributed by atoms with Crippen molar-refractivity contribution in [3.8, 4) is 0 Å². The molecule has 0 aromatic heterocycles. The second-order valence-corrected chi connectivity index (χ2v) is 10.8. The summed E-state index contributed by atoms with van der Waals surface area (Å²) < 4.78 is 0. The van der Waals surface area contributed by atoms with E-state index in [1.807, 2.05) is 24.3 Å². The third kappa shape index (κ3) is 4.80. The van der Waals surface area contributed by atoms with E-state index >= 15 is 0 Å². The summed E-state index contributed by atoms with van der Waals surface area (Å²) in [6.07, 6.45) is 2.09. The van der Waals surface area contributed by atoms with Gasteiger partial charge in [0.25, 0.3) is 0 Å². The van der Waals surface area contributed by atoms with Crippen LogP contribution in [0.15, 0.2) is 46.2 Å². The van der Waals surface area contributed by atoms with Crippen LogP contribution in [0, 0.1) is 11.8 Å². The molecular formula is C25H27Cl2NO3S. The number of hydrogen-bond acceptors (Lipinski definition) is 3. The van der Waals surface area contributed by atoms with Crippen LogP contribution in [-0.4, -0.2) is 35.0 Å². The topological polar surface area (TPSA) is 57.6 Å². The number of amides is 1. The van der Waals surface area contributed by atoms with E-state index in [-0.39, 0.29) is 17.7 Å². The third-order valence-corrected chi connectivity index (χ3v) is 8.59. The van der Waals surface area contributed by atoms with Crippen molar-refractivity contribution in [1.29, 1.82) is 0 Å². The number of carboxylic acids is 1. The third-order valence-electron chi connectivity index (χ3n) is 6.43. The lowest BCUT2D eigenvalue weighted by molar-refractivity contribution is -0.146.